The summed E-state index contributed by atoms with van der Waals surface area (Å²) in [6.07, 6.45) is 2.12. The third-order valence-corrected chi connectivity index (χ3v) is 1.20. The van der Waals surface area contributed by atoms with Crippen LogP contribution in [0.3, 0.4) is 0 Å². The second-order valence-electron chi connectivity index (χ2n) is 2.26. The summed E-state index contributed by atoms with van der Waals surface area (Å²) in [4.78, 5) is 0. The van der Waals surface area contributed by atoms with Crippen LogP contribution in [0.4, 0.5) is 0 Å². The molecule has 0 fully saturated rings. The van der Waals surface area contributed by atoms with Crippen LogP contribution in [0.25, 0.3) is 0 Å². The zero-order chi connectivity index (χ0) is 8.53. The molecule has 64 valence electrons. The van der Waals surface area contributed by atoms with Crippen molar-refractivity contribution in [2.24, 2.45) is 0 Å². The van der Waals surface area contributed by atoms with E-state index in [1.165, 1.54) is 5.56 Å². The summed E-state index contributed by atoms with van der Waals surface area (Å²) in [6.45, 7) is 7.65. The van der Waals surface area contributed by atoms with Crippen LogP contribution in [0.5, 0.6) is 0 Å². The molecule has 0 nitrogen and oxygen atoms in total. The molecule has 1 rings (SSSR count). The Labute approximate surface area is 100 Å². The van der Waals surface area contributed by atoms with Crippen molar-refractivity contribution in [3.05, 3.63) is 42.8 Å². The van der Waals surface area contributed by atoms with Gasteiger partial charge in [0.15, 0.2) is 0 Å². The van der Waals surface area contributed by atoms with Gasteiger partial charge in [0.1, 0.15) is 0 Å². The van der Waals surface area contributed by atoms with Crippen molar-refractivity contribution in [2.75, 3.05) is 0 Å². The Kier molecular flexibility index (Phi) is 13.9. The molecule has 0 aliphatic carbocycles. The SMILES string of the molecule is CCc1cc[c-]cc1.[CH2-]CC.[U+2]. The number of rotatable bonds is 1. The molecule has 0 saturated heterocycles. The summed E-state index contributed by atoms with van der Waals surface area (Å²) < 4.78 is 0. The molecule has 0 N–H and O–H groups in total. The maximum atomic E-state index is 3.49. The maximum Gasteiger partial charge on any atom is 2.00 e. The molecule has 0 aliphatic rings. The third-order valence-electron chi connectivity index (χ3n) is 1.20. The van der Waals surface area contributed by atoms with Crippen LogP contribution in [-0.4, -0.2) is 0 Å². The van der Waals surface area contributed by atoms with Crippen molar-refractivity contribution in [2.45, 2.75) is 26.7 Å². The Hall–Kier alpha value is 0.272. The Morgan fingerprint density at radius 2 is 1.67 bits per heavy atom. The van der Waals surface area contributed by atoms with Crippen molar-refractivity contribution in [3.8, 4) is 0 Å². The normalized spacial score (nSPS) is 7.58. The third kappa shape index (κ3) is 8.37. The first-order chi connectivity index (χ1) is 5.35. The molecule has 1 aromatic carbocycles. The second kappa shape index (κ2) is 11.3. The van der Waals surface area contributed by atoms with Gasteiger partial charge in [0.25, 0.3) is 0 Å². The minimum atomic E-state index is 0. The fourth-order valence-electron chi connectivity index (χ4n) is 0.657. The molecule has 0 saturated carbocycles. The molecule has 0 bridgehead atoms. The van der Waals surface area contributed by atoms with Gasteiger partial charge in [0.2, 0.25) is 0 Å². The Bertz CT molecular complexity index is 158. The minimum Gasteiger partial charge on any atom is -0.344 e. The standard InChI is InChI=1S/C8H9.C3H7.U/c1-2-8-6-4-3-5-7-8;1-3-2;/h4-7H,2H2,1H3;1,3H2,2H3;/q2*-1;+2. The van der Waals surface area contributed by atoms with Gasteiger partial charge in [-0.05, 0) is 0 Å². The van der Waals surface area contributed by atoms with Crippen molar-refractivity contribution in [1.82, 2.24) is 0 Å². The molecule has 0 amide bonds. The van der Waals surface area contributed by atoms with Gasteiger partial charge >= 0.3 is 31.1 Å². The van der Waals surface area contributed by atoms with Gasteiger partial charge in [-0.1, -0.05) is 20.3 Å². The van der Waals surface area contributed by atoms with Gasteiger partial charge in [-0.25, -0.2) is 0 Å². The number of hydrogen-bond acceptors (Lipinski definition) is 0. The van der Waals surface area contributed by atoms with E-state index in [9.17, 15) is 0 Å². The summed E-state index contributed by atoms with van der Waals surface area (Å²) in [5, 5.41) is 0. The smallest absolute Gasteiger partial charge is 0.344 e. The van der Waals surface area contributed by atoms with E-state index >= 15 is 0 Å². The molecule has 0 spiro atoms. The average Bonchev–Trinajstić information content (AvgIpc) is 2.08. The monoisotopic (exact) mass is 386 g/mol. The van der Waals surface area contributed by atoms with Crippen LogP contribution in [0, 0.1) is 44.1 Å². The van der Waals surface area contributed by atoms with Crippen molar-refractivity contribution in [3.63, 3.8) is 0 Å². The largest absolute Gasteiger partial charge is 2.00 e. The van der Waals surface area contributed by atoms with Crippen molar-refractivity contribution >= 4 is 0 Å². The van der Waals surface area contributed by atoms with Gasteiger partial charge in [-0.3, -0.25) is 0 Å². The number of hydrogen-bond donors (Lipinski definition) is 0. The van der Waals surface area contributed by atoms with Crippen LogP contribution in [0.1, 0.15) is 25.8 Å². The average molecular weight is 386 g/mol. The van der Waals surface area contributed by atoms with E-state index in [0.29, 0.717) is 0 Å². The fourth-order valence-corrected chi connectivity index (χ4v) is 0.657. The van der Waals surface area contributed by atoms with E-state index < -0.39 is 0 Å². The van der Waals surface area contributed by atoms with Gasteiger partial charge in [-0.15, -0.1) is 0 Å². The minimum absolute atomic E-state index is 0. The molecule has 0 aliphatic heterocycles. The molecule has 12 heavy (non-hydrogen) atoms. The van der Waals surface area contributed by atoms with Crippen LogP contribution in [0.2, 0.25) is 0 Å². The molecule has 0 heterocycles. The predicted molar refractivity (Wildman–Crippen MR) is 50.3 cm³/mol. The van der Waals surface area contributed by atoms with Crippen molar-refractivity contribution in [1.29, 1.82) is 0 Å². The van der Waals surface area contributed by atoms with Crippen LogP contribution in [0.15, 0.2) is 24.3 Å². The van der Waals surface area contributed by atoms with Crippen molar-refractivity contribution < 1.29 is 31.1 Å². The summed E-state index contributed by atoms with van der Waals surface area (Å²) >= 11 is 0. The summed E-state index contributed by atoms with van der Waals surface area (Å²) in [7, 11) is 0. The van der Waals surface area contributed by atoms with Gasteiger partial charge in [0.05, 0.1) is 0 Å². The molecular formula is C11H16U. The van der Waals surface area contributed by atoms with Crippen LogP contribution < -0.4 is 0 Å². The van der Waals surface area contributed by atoms with Crippen LogP contribution in [-0.2, 0) is 6.42 Å². The number of aryl methyl sites for hydroxylation is 1. The summed E-state index contributed by atoms with van der Waals surface area (Å²) in [5.74, 6) is 0. The van der Waals surface area contributed by atoms with Gasteiger partial charge in [-0.2, -0.15) is 42.3 Å². The molecule has 0 radical (unpaired) electrons. The quantitative estimate of drug-likeness (QED) is 0.650. The first-order valence-corrected chi connectivity index (χ1v) is 4.09. The maximum absolute atomic E-state index is 3.49. The first-order valence-electron chi connectivity index (χ1n) is 4.09. The Morgan fingerprint density at radius 3 is 1.92 bits per heavy atom. The fraction of sp³-hybridized carbons (Fsp3) is 0.364. The summed E-state index contributed by atoms with van der Waals surface area (Å²) in [5.41, 5.74) is 1.38. The topological polar surface area (TPSA) is 0 Å². The van der Waals surface area contributed by atoms with Gasteiger partial charge < -0.3 is 6.92 Å². The van der Waals surface area contributed by atoms with E-state index in [2.05, 4.69) is 32.0 Å². The van der Waals surface area contributed by atoms with E-state index in [4.69, 9.17) is 0 Å². The predicted octanol–water partition coefficient (Wildman–Crippen LogP) is 3.28. The zero-order valence-corrected chi connectivity index (χ0v) is 12.1. The van der Waals surface area contributed by atoms with E-state index in [1.54, 1.807) is 0 Å². The molecule has 0 aromatic heterocycles. The Morgan fingerprint density at radius 1 is 1.25 bits per heavy atom. The van der Waals surface area contributed by atoms with Gasteiger partial charge in [0, 0.05) is 0 Å². The molecular weight excluding hydrogens is 370 g/mol. The molecule has 1 heteroatoms. The zero-order valence-electron chi connectivity index (χ0n) is 7.93. The van der Waals surface area contributed by atoms with E-state index in [0.717, 1.165) is 12.8 Å². The van der Waals surface area contributed by atoms with E-state index in [-0.39, 0.29) is 31.1 Å². The number of benzene rings is 1. The molecule has 1 aromatic rings. The molecule has 0 atom stereocenters. The first kappa shape index (κ1) is 14.8. The summed E-state index contributed by atoms with van der Waals surface area (Å²) in [6, 6.07) is 11.0. The van der Waals surface area contributed by atoms with Crippen LogP contribution >= 0.6 is 0 Å². The Balaban J connectivity index is 0. The second-order valence-corrected chi connectivity index (χ2v) is 2.26. The molecule has 0 unspecified atom stereocenters. The van der Waals surface area contributed by atoms with E-state index in [1.807, 2.05) is 19.1 Å².